The van der Waals surface area contributed by atoms with Crippen molar-refractivity contribution in [2.75, 3.05) is 25.1 Å². The molecule has 1 atom stereocenters. The third-order valence-electron chi connectivity index (χ3n) is 6.95. The number of halogens is 1. The fourth-order valence-electron chi connectivity index (χ4n) is 4.99. The molecule has 34 heavy (non-hydrogen) atoms. The lowest BCUT2D eigenvalue weighted by molar-refractivity contribution is 0.330. The highest BCUT2D eigenvalue weighted by atomic mass is 79.9. The molecule has 180 valence electrons. The van der Waals surface area contributed by atoms with Gasteiger partial charge in [-0.2, -0.15) is 5.10 Å². The number of rotatable bonds is 3. The lowest BCUT2D eigenvalue weighted by Crippen LogP contribution is -2.44. The summed E-state index contributed by atoms with van der Waals surface area (Å²) >= 11 is 2.28. The molecule has 1 saturated heterocycles. The summed E-state index contributed by atoms with van der Waals surface area (Å²) < 4.78 is 25.9. The van der Waals surface area contributed by atoms with Crippen LogP contribution in [0.2, 0.25) is 0 Å². The van der Waals surface area contributed by atoms with Gasteiger partial charge in [0.1, 0.15) is 37.7 Å². The van der Waals surface area contributed by atoms with Crippen LogP contribution >= 0.6 is 15.9 Å². The second-order valence-corrected chi connectivity index (χ2v) is 12.9. The second-order valence-electron chi connectivity index (χ2n) is 10.2. The number of ether oxygens (including phenoxy) is 1. The summed E-state index contributed by atoms with van der Waals surface area (Å²) in [5, 5.41) is 4.45. The van der Waals surface area contributed by atoms with Crippen LogP contribution in [0.4, 0.5) is 5.82 Å². The van der Waals surface area contributed by atoms with Crippen molar-refractivity contribution in [3.05, 3.63) is 51.9 Å². The number of piperidine rings is 1. The zero-order chi connectivity index (χ0) is 24.3. The van der Waals surface area contributed by atoms with Crippen molar-refractivity contribution in [1.82, 2.24) is 14.6 Å². The standard InChI is InChI=1S/C25H30BrN5O2S/c1-16-22(26)31-20(8-11-27-31)23(28-16)30-12-9-25(10-13-30)15-17-6-7-18(33-5)14-19(17)21(25)29-34(32)24(2,3)4/h6-8,11,14H,9-10,12-13,15H2,1-5H3. The third kappa shape index (κ3) is 3.91. The molecule has 0 amide bonds. The Labute approximate surface area is 212 Å². The minimum Gasteiger partial charge on any atom is -0.591 e. The Hall–Kier alpha value is -2.10. The Morgan fingerprint density at radius 3 is 2.62 bits per heavy atom. The number of hydrogen-bond donors (Lipinski definition) is 0. The second kappa shape index (κ2) is 8.53. The monoisotopic (exact) mass is 543 g/mol. The van der Waals surface area contributed by atoms with Gasteiger partial charge in [0.2, 0.25) is 0 Å². The van der Waals surface area contributed by atoms with E-state index in [1.807, 2.05) is 50.5 Å². The van der Waals surface area contributed by atoms with Gasteiger partial charge in [0.15, 0.2) is 5.82 Å². The number of benzene rings is 1. The molecule has 1 aliphatic heterocycles. The molecule has 1 fully saturated rings. The van der Waals surface area contributed by atoms with Crippen LogP contribution in [0.25, 0.3) is 5.52 Å². The molecule has 9 heteroatoms. The van der Waals surface area contributed by atoms with Gasteiger partial charge in [-0.05, 0) is 86.6 Å². The van der Waals surface area contributed by atoms with E-state index in [9.17, 15) is 4.55 Å². The number of aromatic nitrogens is 3. The first-order valence-corrected chi connectivity index (χ1v) is 13.5. The molecule has 0 saturated carbocycles. The normalized spacial score (nSPS) is 19.7. The Morgan fingerprint density at radius 1 is 1.21 bits per heavy atom. The third-order valence-corrected chi connectivity index (χ3v) is 9.26. The van der Waals surface area contributed by atoms with Crippen LogP contribution in [0.5, 0.6) is 5.75 Å². The average molecular weight is 545 g/mol. The average Bonchev–Trinajstić information content (AvgIpc) is 3.40. The predicted octanol–water partition coefficient (Wildman–Crippen LogP) is 4.90. The zero-order valence-electron chi connectivity index (χ0n) is 20.3. The van der Waals surface area contributed by atoms with Crippen molar-refractivity contribution in [2.24, 2.45) is 9.81 Å². The molecule has 0 N–H and O–H groups in total. The minimum absolute atomic E-state index is 0.132. The SMILES string of the molecule is COc1ccc2c(c1)C(=N[S+]([O-])C(C)(C)C)C1(CCN(c3nc(C)c(Br)n4nccc34)CC1)C2. The van der Waals surface area contributed by atoms with Crippen molar-refractivity contribution in [2.45, 2.75) is 51.7 Å². The number of fused-ring (bicyclic) bond motifs is 2. The van der Waals surface area contributed by atoms with Gasteiger partial charge in [-0.1, -0.05) is 10.5 Å². The van der Waals surface area contributed by atoms with Crippen LogP contribution in [-0.2, 0) is 17.8 Å². The van der Waals surface area contributed by atoms with Gasteiger partial charge in [-0.3, -0.25) is 0 Å². The van der Waals surface area contributed by atoms with Crippen LogP contribution in [0, 0.1) is 12.3 Å². The van der Waals surface area contributed by atoms with E-state index >= 15 is 0 Å². The molecule has 1 aromatic carbocycles. The molecule has 2 aromatic heterocycles. The summed E-state index contributed by atoms with van der Waals surface area (Å²) in [5.74, 6) is 1.77. The summed E-state index contributed by atoms with van der Waals surface area (Å²) in [5.41, 5.74) is 5.09. The Balaban J connectivity index is 1.50. The van der Waals surface area contributed by atoms with Gasteiger partial charge >= 0.3 is 0 Å². The predicted molar refractivity (Wildman–Crippen MR) is 140 cm³/mol. The number of nitrogens with zero attached hydrogens (tertiary/aromatic N) is 5. The summed E-state index contributed by atoms with van der Waals surface area (Å²) in [6, 6.07) is 8.22. The van der Waals surface area contributed by atoms with E-state index in [0.717, 1.165) is 71.0 Å². The van der Waals surface area contributed by atoms with Crippen molar-refractivity contribution in [3.63, 3.8) is 0 Å². The number of aryl methyl sites for hydroxylation is 1. The van der Waals surface area contributed by atoms with E-state index in [0.29, 0.717) is 0 Å². The van der Waals surface area contributed by atoms with E-state index < -0.39 is 16.1 Å². The number of methoxy groups -OCH3 is 1. The Kier molecular flexibility index (Phi) is 5.93. The molecule has 7 nitrogen and oxygen atoms in total. The molecule has 1 unspecified atom stereocenters. The van der Waals surface area contributed by atoms with Crippen molar-refractivity contribution < 1.29 is 9.29 Å². The smallest absolute Gasteiger partial charge is 0.155 e. The van der Waals surface area contributed by atoms with Crippen LogP contribution in [-0.4, -0.2) is 49.8 Å². The minimum atomic E-state index is -1.33. The maximum Gasteiger partial charge on any atom is 0.155 e. The lowest BCUT2D eigenvalue weighted by atomic mass is 9.74. The zero-order valence-corrected chi connectivity index (χ0v) is 22.7. The first kappa shape index (κ1) is 23.6. The lowest BCUT2D eigenvalue weighted by Gasteiger charge is -2.40. The van der Waals surface area contributed by atoms with Gasteiger partial charge < -0.3 is 14.2 Å². The summed E-state index contributed by atoms with van der Waals surface area (Å²) in [6.07, 6.45) is 4.56. The quantitative estimate of drug-likeness (QED) is 0.439. The summed E-state index contributed by atoms with van der Waals surface area (Å²) in [6.45, 7) is 9.61. The van der Waals surface area contributed by atoms with Crippen LogP contribution in [0.1, 0.15) is 50.4 Å². The van der Waals surface area contributed by atoms with E-state index in [4.69, 9.17) is 14.1 Å². The van der Waals surface area contributed by atoms with Crippen LogP contribution < -0.4 is 9.64 Å². The highest BCUT2D eigenvalue weighted by Crippen LogP contribution is 2.47. The molecule has 3 heterocycles. The first-order chi connectivity index (χ1) is 16.1. The largest absolute Gasteiger partial charge is 0.591 e. The van der Waals surface area contributed by atoms with Gasteiger partial charge in [0, 0.05) is 24.1 Å². The molecule has 5 rings (SSSR count). The van der Waals surface area contributed by atoms with Crippen LogP contribution in [0.15, 0.2) is 39.5 Å². The number of hydrogen-bond acceptors (Lipinski definition) is 6. The van der Waals surface area contributed by atoms with Gasteiger partial charge in [-0.25, -0.2) is 9.50 Å². The molecule has 2 aliphatic rings. The van der Waals surface area contributed by atoms with E-state index in [-0.39, 0.29) is 5.41 Å². The van der Waals surface area contributed by atoms with Crippen molar-refractivity contribution in [1.29, 1.82) is 0 Å². The summed E-state index contributed by atoms with van der Waals surface area (Å²) in [7, 11) is 1.68. The topological polar surface area (TPSA) is 78.1 Å². The van der Waals surface area contributed by atoms with Gasteiger partial charge in [0.05, 0.1) is 19.0 Å². The molecular formula is C25H30BrN5O2S. The Morgan fingerprint density at radius 2 is 1.94 bits per heavy atom. The Bertz CT molecular complexity index is 1270. The molecular weight excluding hydrogens is 514 g/mol. The maximum atomic E-state index is 13.1. The van der Waals surface area contributed by atoms with E-state index in [1.54, 1.807) is 7.11 Å². The summed E-state index contributed by atoms with van der Waals surface area (Å²) in [4.78, 5) is 7.25. The molecule has 1 spiro atoms. The van der Waals surface area contributed by atoms with E-state index in [2.05, 4.69) is 38.1 Å². The molecule has 0 bridgehead atoms. The fraction of sp³-hybridized carbons (Fsp3) is 0.480. The van der Waals surface area contributed by atoms with Crippen molar-refractivity contribution in [3.8, 4) is 5.75 Å². The van der Waals surface area contributed by atoms with Crippen molar-refractivity contribution >= 4 is 44.3 Å². The number of anilines is 1. The first-order valence-electron chi connectivity index (χ1n) is 11.6. The highest BCUT2D eigenvalue weighted by molar-refractivity contribution is 9.10. The maximum absolute atomic E-state index is 13.1. The fourth-order valence-corrected chi connectivity index (χ4v) is 6.10. The highest BCUT2D eigenvalue weighted by Gasteiger charge is 2.48. The van der Waals surface area contributed by atoms with E-state index in [1.165, 1.54) is 5.56 Å². The molecule has 3 aromatic rings. The van der Waals surface area contributed by atoms with Gasteiger partial charge in [0.25, 0.3) is 0 Å². The molecule has 0 radical (unpaired) electrons. The molecule has 1 aliphatic carbocycles. The van der Waals surface area contributed by atoms with Gasteiger partial charge in [-0.15, -0.1) is 0 Å². The van der Waals surface area contributed by atoms with Crippen LogP contribution in [0.3, 0.4) is 0 Å².